The van der Waals surface area contributed by atoms with Gasteiger partial charge in [-0.05, 0) is 119 Å². The second-order valence-electron chi connectivity index (χ2n) is 23.1. The molecule has 0 spiro atoms. The Bertz CT molecular complexity index is 4080. The Morgan fingerprint density at radius 1 is 0.208 bits per heavy atom. The van der Waals surface area contributed by atoms with E-state index in [1.54, 1.807) is 0 Å². The van der Waals surface area contributed by atoms with Crippen LogP contribution < -0.4 is 37.9 Å². The summed E-state index contributed by atoms with van der Waals surface area (Å²) in [6.07, 6.45) is 8.31. The number of ether oxygens (including phenoxy) is 16. The third-order valence-electron chi connectivity index (χ3n) is 16.4. The molecule has 0 amide bonds. The van der Waals surface area contributed by atoms with Crippen LogP contribution in [0.3, 0.4) is 0 Å². The molecule has 13 rings (SSSR count). The molecule has 9 aromatic rings. The summed E-state index contributed by atoms with van der Waals surface area (Å²) < 4.78 is 97.3. The molecule has 0 unspecified atom stereocenters. The summed E-state index contributed by atoms with van der Waals surface area (Å²) >= 11 is 0. The zero-order chi connectivity index (χ0) is 67.6. The minimum atomic E-state index is 0. The Kier molecular flexibility index (Phi) is 26.7. The summed E-state index contributed by atoms with van der Waals surface area (Å²) in [5.41, 5.74) is 13.4. The number of fused-ring (bicyclic) bond motifs is 12. The molecule has 2 N–H and O–H groups in total. The Morgan fingerprint density at radius 2 is 0.426 bits per heavy atom. The number of aromatic amines is 2. The molecule has 6 aromatic carbocycles. The number of para-hydroxylation sites is 4. The van der Waals surface area contributed by atoms with Crippen molar-refractivity contribution in [3.8, 4) is 90.5 Å². The van der Waals surface area contributed by atoms with E-state index in [-0.39, 0.29) is 43.2 Å². The summed E-state index contributed by atoms with van der Waals surface area (Å²) in [5, 5.41) is 0. The van der Waals surface area contributed by atoms with Crippen molar-refractivity contribution in [2.75, 3.05) is 159 Å². The fourth-order valence-corrected chi connectivity index (χ4v) is 11.8. The molecule has 21 heteroatoms. The standard InChI is InChI=1S/C80H82N4O16.Co/c1-3-11-57(12-4-1)77-61-21-25-65(81-61)79(59-19-29-73-75(55-59)99-53-45-91-37-35-87-41-49-95-71-17-9-7-15-69(71)93-47-39-85-31-33-89-43-51-97-73)67-27-23-63(83-67)78(58-13-5-2-6-14-58)64-24-28-68(84-64)80(66-26-22-62(77)82-66)60-20-30-74-76(56-60)100-54-46-92-38-36-88-42-50-96-72-18-10-8-16-70(72)94-48-40-86-32-34-90-44-52-98-74;/h1-30,55-56,81,84H,31-54H2;. The molecule has 0 fully saturated rings. The van der Waals surface area contributed by atoms with E-state index in [0.717, 1.165) is 89.4 Å². The number of nitrogens with zero attached hydrogens (tertiary/aromatic N) is 2. The number of hydrogen-bond acceptors (Lipinski definition) is 18. The fourth-order valence-electron chi connectivity index (χ4n) is 11.8. The van der Waals surface area contributed by atoms with E-state index in [9.17, 15) is 0 Å². The molecule has 20 nitrogen and oxygen atoms in total. The third kappa shape index (κ3) is 19.5. The van der Waals surface area contributed by atoms with Crippen LogP contribution in [0.25, 0.3) is 90.9 Å². The van der Waals surface area contributed by atoms with E-state index < -0.39 is 0 Å². The van der Waals surface area contributed by atoms with Crippen molar-refractivity contribution in [2.24, 2.45) is 0 Å². The minimum absolute atomic E-state index is 0. The fraction of sp³-hybridized carbons (Fsp3) is 0.300. The summed E-state index contributed by atoms with van der Waals surface area (Å²) in [7, 11) is 0. The van der Waals surface area contributed by atoms with Crippen LogP contribution in [-0.2, 0) is 54.7 Å². The molecule has 0 saturated carbocycles. The smallest absolute Gasteiger partial charge is 0.161 e. The molecule has 0 saturated heterocycles. The Labute approximate surface area is 597 Å². The van der Waals surface area contributed by atoms with Crippen LogP contribution in [-0.4, -0.2) is 179 Å². The first-order valence-electron chi connectivity index (χ1n) is 34.1. The number of rotatable bonds is 4. The van der Waals surface area contributed by atoms with Crippen LogP contribution in [0, 0.1) is 0 Å². The zero-order valence-corrected chi connectivity index (χ0v) is 57.2. The van der Waals surface area contributed by atoms with Crippen LogP contribution in [0.2, 0.25) is 0 Å². The Hall–Kier alpha value is -9.49. The average Bonchev–Trinajstić information content (AvgIpc) is 1.64. The Morgan fingerprint density at radius 3 is 0.693 bits per heavy atom. The second-order valence-corrected chi connectivity index (χ2v) is 23.1. The molecule has 0 aliphatic carbocycles. The first-order valence-corrected chi connectivity index (χ1v) is 34.1. The van der Waals surface area contributed by atoms with Gasteiger partial charge in [0, 0.05) is 61.1 Å². The van der Waals surface area contributed by atoms with Crippen molar-refractivity contribution in [1.82, 2.24) is 19.9 Å². The van der Waals surface area contributed by atoms with Gasteiger partial charge < -0.3 is 85.8 Å². The van der Waals surface area contributed by atoms with Gasteiger partial charge in [-0.3, -0.25) is 0 Å². The van der Waals surface area contributed by atoms with Crippen molar-refractivity contribution in [1.29, 1.82) is 0 Å². The molecule has 1 radical (unpaired) electrons. The van der Waals surface area contributed by atoms with E-state index >= 15 is 0 Å². The SMILES string of the molecule is C1=Cc2nc1c(-c1ccccc1)c1ccc([nH]1)c(-c1ccc3c(c1)OCCOCCOCCOc1ccccc1OCCOCCOCCO3)c1nc(c(-c3ccccc3)c3ccc([nH]3)c2-c2ccc3c(c2)OCCOCCOCCOc2ccccc2OCCOCCOCCO3)C=C1.[Co]. The van der Waals surface area contributed by atoms with Gasteiger partial charge >= 0.3 is 0 Å². The third-order valence-corrected chi connectivity index (χ3v) is 16.4. The maximum Gasteiger partial charge on any atom is 0.161 e. The summed E-state index contributed by atoms with van der Waals surface area (Å²) in [5.74, 6) is 4.73. The molecule has 4 aliphatic rings. The summed E-state index contributed by atoms with van der Waals surface area (Å²) in [6, 6.07) is 56.1. The van der Waals surface area contributed by atoms with Gasteiger partial charge in [0.2, 0.25) is 0 Å². The summed E-state index contributed by atoms with van der Waals surface area (Å²) in [6.45, 7) is 8.26. The number of nitrogens with one attached hydrogen (secondary N) is 2. The topological polar surface area (TPSA) is 205 Å². The quantitative estimate of drug-likeness (QED) is 0.168. The van der Waals surface area contributed by atoms with Gasteiger partial charge in [-0.25, -0.2) is 9.97 Å². The number of hydrogen-bond donors (Lipinski definition) is 2. The van der Waals surface area contributed by atoms with Crippen molar-refractivity contribution in [3.05, 3.63) is 193 Å². The molecule has 0 atom stereocenters. The van der Waals surface area contributed by atoms with E-state index in [2.05, 4.69) is 82.8 Å². The number of aromatic nitrogens is 4. The van der Waals surface area contributed by atoms with Crippen LogP contribution >= 0.6 is 0 Å². The van der Waals surface area contributed by atoms with Crippen molar-refractivity contribution < 1.29 is 92.6 Å². The van der Waals surface area contributed by atoms with Gasteiger partial charge in [0.05, 0.1) is 128 Å². The molecule has 527 valence electrons. The second kappa shape index (κ2) is 37.8. The van der Waals surface area contributed by atoms with E-state index in [4.69, 9.17) is 85.8 Å². The predicted octanol–water partition coefficient (Wildman–Crippen LogP) is 13.9. The zero-order valence-electron chi connectivity index (χ0n) is 56.2. The maximum atomic E-state index is 6.60. The first kappa shape index (κ1) is 71.3. The van der Waals surface area contributed by atoms with Crippen molar-refractivity contribution >= 4 is 46.4 Å². The van der Waals surface area contributed by atoms with E-state index in [1.165, 1.54) is 0 Å². The number of H-pyrrole nitrogens is 2. The van der Waals surface area contributed by atoms with Crippen molar-refractivity contribution in [3.63, 3.8) is 0 Å². The largest absolute Gasteiger partial charge is 0.487 e. The van der Waals surface area contributed by atoms with Crippen LogP contribution in [0.1, 0.15) is 22.8 Å². The molecule has 8 bridgehead atoms. The monoisotopic (exact) mass is 1410 g/mol. The molecule has 3 aromatic heterocycles. The summed E-state index contributed by atoms with van der Waals surface area (Å²) in [4.78, 5) is 18.9. The van der Waals surface area contributed by atoms with E-state index in [0.29, 0.717) is 178 Å². The van der Waals surface area contributed by atoms with Crippen LogP contribution in [0.5, 0.6) is 46.0 Å². The first-order chi connectivity index (χ1) is 49.7. The minimum Gasteiger partial charge on any atom is -0.487 e. The molecule has 4 aliphatic heterocycles. The molecular formula is C80H82CoN4O16. The Balaban J connectivity index is 0.00000965. The van der Waals surface area contributed by atoms with E-state index in [1.807, 2.05) is 121 Å². The normalized spacial score (nSPS) is 16.3. The van der Waals surface area contributed by atoms with Crippen LogP contribution in [0.15, 0.2) is 170 Å². The van der Waals surface area contributed by atoms with Gasteiger partial charge in [0.25, 0.3) is 0 Å². The molecule has 7 heterocycles. The molecule has 101 heavy (non-hydrogen) atoms. The van der Waals surface area contributed by atoms with Gasteiger partial charge in [-0.15, -0.1) is 0 Å². The average molecular weight is 1410 g/mol. The van der Waals surface area contributed by atoms with Gasteiger partial charge in [-0.1, -0.05) is 97.1 Å². The van der Waals surface area contributed by atoms with Gasteiger partial charge in [0.15, 0.2) is 46.0 Å². The maximum absolute atomic E-state index is 6.60. The predicted molar refractivity (Wildman–Crippen MR) is 384 cm³/mol. The van der Waals surface area contributed by atoms with Crippen molar-refractivity contribution in [2.45, 2.75) is 0 Å². The van der Waals surface area contributed by atoms with Crippen LogP contribution in [0.4, 0.5) is 0 Å². The van der Waals surface area contributed by atoms with Gasteiger partial charge in [-0.2, -0.15) is 0 Å². The van der Waals surface area contributed by atoms with Gasteiger partial charge in [0.1, 0.15) is 52.9 Å². The molecular weight excluding hydrogens is 1330 g/mol. The number of benzene rings is 6.